The first-order valence-corrected chi connectivity index (χ1v) is 7.05. The number of nitrogens with two attached hydrogens (primary N) is 1. The zero-order chi connectivity index (χ0) is 16.6. The predicted molar refractivity (Wildman–Crippen MR) is 81.4 cm³/mol. The van der Waals surface area contributed by atoms with Crippen LogP contribution >= 0.6 is 0 Å². The van der Waals surface area contributed by atoms with Gasteiger partial charge in [-0.05, 0) is 26.3 Å². The van der Waals surface area contributed by atoms with E-state index in [4.69, 9.17) is 5.73 Å². The molecule has 0 amide bonds. The van der Waals surface area contributed by atoms with Crippen LogP contribution in [0.3, 0.4) is 0 Å². The summed E-state index contributed by atoms with van der Waals surface area (Å²) in [4.78, 5) is 6.97. The third kappa shape index (κ3) is 2.63. The highest BCUT2D eigenvalue weighted by Gasteiger charge is 2.29. The molecule has 0 bridgehead atoms. The molecule has 0 aliphatic heterocycles. The van der Waals surface area contributed by atoms with Gasteiger partial charge in [-0.25, -0.2) is 4.98 Å². The van der Waals surface area contributed by atoms with Gasteiger partial charge in [0, 0.05) is 29.8 Å². The molecule has 2 aromatic heterocycles. The van der Waals surface area contributed by atoms with E-state index < -0.39 is 12.1 Å². The lowest BCUT2D eigenvalue weighted by Crippen LogP contribution is -2.23. The molecule has 2 atom stereocenters. The smallest absolute Gasteiger partial charge is 0.219 e. The van der Waals surface area contributed by atoms with E-state index in [1.54, 1.807) is 40.1 Å². The molecule has 0 saturated heterocycles. The van der Waals surface area contributed by atoms with Gasteiger partial charge in [0.2, 0.25) is 5.69 Å². The molecule has 6 heteroatoms. The molecule has 6 nitrogen and oxygen atoms in total. The Labute approximate surface area is 129 Å². The molecule has 0 spiro atoms. The minimum absolute atomic E-state index is 0.0223. The average Bonchev–Trinajstić information content (AvgIpc) is 2.47. The molecule has 0 aromatic carbocycles. The van der Waals surface area contributed by atoms with Gasteiger partial charge in [-0.15, -0.1) is 0 Å². The van der Waals surface area contributed by atoms with Crippen LogP contribution in [0.4, 0.5) is 0 Å². The van der Waals surface area contributed by atoms with E-state index in [9.17, 15) is 15.3 Å². The summed E-state index contributed by atoms with van der Waals surface area (Å²) in [5, 5.41) is 31.1. The number of nitrogens with one attached hydrogen (secondary N) is 1. The van der Waals surface area contributed by atoms with E-state index in [0.717, 1.165) is 0 Å². The number of aryl methyl sites for hydroxylation is 4. The van der Waals surface area contributed by atoms with Gasteiger partial charge in [-0.3, -0.25) is 4.98 Å². The molecule has 0 aliphatic rings. The van der Waals surface area contributed by atoms with Crippen molar-refractivity contribution in [1.29, 1.82) is 0 Å². The summed E-state index contributed by atoms with van der Waals surface area (Å²) in [5.74, 6) is -0.0474. The summed E-state index contributed by atoms with van der Waals surface area (Å²) in [7, 11) is 0. The van der Waals surface area contributed by atoms with E-state index in [1.165, 1.54) is 0 Å². The number of nitrogens with zero attached hydrogens (tertiary/aromatic N) is 1. The molecule has 2 aromatic rings. The molecule has 2 rings (SSSR count). The first-order chi connectivity index (χ1) is 10.3. The number of hydrogen-bond acceptors (Lipinski definition) is 5. The van der Waals surface area contributed by atoms with Gasteiger partial charge < -0.3 is 21.1 Å². The number of aromatic hydroxyl groups is 2. The fraction of sp³-hybridized carbons (Fsp3) is 0.375. The number of aromatic nitrogens is 2. The molecule has 0 fully saturated rings. The van der Waals surface area contributed by atoms with Crippen LogP contribution in [-0.2, 0) is 0 Å². The van der Waals surface area contributed by atoms with Crippen molar-refractivity contribution in [2.75, 3.05) is 0 Å². The summed E-state index contributed by atoms with van der Waals surface area (Å²) in [6, 6.07) is -0.881. The molecule has 0 radical (unpaired) electrons. The third-order valence-electron chi connectivity index (χ3n) is 3.98. The zero-order valence-corrected chi connectivity index (χ0v) is 13.2. The van der Waals surface area contributed by atoms with Gasteiger partial charge >= 0.3 is 0 Å². The highest BCUT2D eigenvalue weighted by molar-refractivity contribution is 5.46. The predicted octanol–water partition coefficient (Wildman–Crippen LogP) is 1.27. The van der Waals surface area contributed by atoms with E-state index in [-0.39, 0.29) is 11.5 Å². The number of aliphatic hydroxyl groups excluding tert-OH is 1. The topological polar surface area (TPSA) is 114 Å². The Morgan fingerprint density at radius 3 is 2.32 bits per heavy atom. The van der Waals surface area contributed by atoms with Crippen LogP contribution in [-0.4, -0.2) is 20.3 Å². The van der Waals surface area contributed by atoms with Crippen LogP contribution in [0.25, 0.3) is 0 Å². The van der Waals surface area contributed by atoms with Gasteiger partial charge in [-0.2, -0.15) is 0 Å². The molecule has 118 valence electrons. The zero-order valence-electron chi connectivity index (χ0n) is 13.2. The van der Waals surface area contributed by atoms with Crippen molar-refractivity contribution in [3.63, 3.8) is 0 Å². The third-order valence-corrected chi connectivity index (χ3v) is 3.98. The second-order valence-corrected chi connectivity index (χ2v) is 5.62. The summed E-state index contributed by atoms with van der Waals surface area (Å²) >= 11 is 0. The molecule has 22 heavy (non-hydrogen) atoms. The minimum Gasteiger partial charge on any atom is -0.506 e. The highest BCUT2D eigenvalue weighted by Crippen LogP contribution is 2.39. The van der Waals surface area contributed by atoms with Crippen molar-refractivity contribution in [2.45, 2.75) is 39.8 Å². The van der Waals surface area contributed by atoms with Crippen LogP contribution in [0, 0.1) is 27.7 Å². The SMILES string of the molecule is Cc1cnc(C)c(O)c1C(N)C(O)c1c(C)c[nH+]c(C)c1O. The average molecular weight is 304 g/mol. The Bertz CT molecular complexity index is 655. The van der Waals surface area contributed by atoms with Crippen molar-refractivity contribution in [3.8, 4) is 11.5 Å². The maximum atomic E-state index is 10.6. The Morgan fingerprint density at radius 1 is 1.05 bits per heavy atom. The van der Waals surface area contributed by atoms with Gasteiger partial charge in [0.15, 0.2) is 11.9 Å². The van der Waals surface area contributed by atoms with E-state index >= 15 is 0 Å². The molecule has 6 N–H and O–H groups in total. The van der Waals surface area contributed by atoms with Crippen LogP contribution in [0.5, 0.6) is 11.5 Å². The first-order valence-electron chi connectivity index (χ1n) is 7.05. The van der Waals surface area contributed by atoms with Crippen molar-refractivity contribution < 1.29 is 20.3 Å². The first kappa shape index (κ1) is 16.2. The van der Waals surface area contributed by atoms with Gasteiger partial charge in [0.05, 0.1) is 11.7 Å². The summed E-state index contributed by atoms with van der Waals surface area (Å²) < 4.78 is 0. The number of pyridine rings is 2. The molecule has 0 saturated carbocycles. The normalized spacial score (nSPS) is 13.9. The number of aromatic amines is 1. The minimum atomic E-state index is -1.15. The molecular weight excluding hydrogens is 282 g/mol. The Balaban J connectivity index is 2.54. The van der Waals surface area contributed by atoms with Crippen LogP contribution in [0.2, 0.25) is 0 Å². The Morgan fingerprint density at radius 2 is 1.68 bits per heavy atom. The van der Waals surface area contributed by atoms with Crippen molar-refractivity contribution in [1.82, 2.24) is 4.98 Å². The van der Waals surface area contributed by atoms with E-state index in [0.29, 0.717) is 33.6 Å². The lowest BCUT2D eigenvalue weighted by atomic mass is 9.91. The molecule has 2 unspecified atom stereocenters. The summed E-state index contributed by atoms with van der Waals surface area (Å²) in [6.45, 7) is 6.91. The van der Waals surface area contributed by atoms with Crippen LogP contribution in [0.1, 0.15) is 45.8 Å². The summed E-state index contributed by atoms with van der Waals surface area (Å²) in [6.07, 6.45) is 2.15. The van der Waals surface area contributed by atoms with Gasteiger partial charge in [0.1, 0.15) is 11.9 Å². The van der Waals surface area contributed by atoms with Crippen LogP contribution < -0.4 is 10.7 Å². The number of aliphatic hydroxyl groups is 1. The van der Waals surface area contributed by atoms with Gasteiger partial charge in [0.25, 0.3) is 0 Å². The largest absolute Gasteiger partial charge is 0.506 e. The Kier molecular flexibility index (Phi) is 4.35. The highest BCUT2D eigenvalue weighted by atomic mass is 16.3. The van der Waals surface area contributed by atoms with Crippen molar-refractivity contribution in [2.24, 2.45) is 5.73 Å². The number of rotatable bonds is 3. The fourth-order valence-electron chi connectivity index (χ4n) is 2.59. The maximum absolute atomic E-state index is 10.6. The number of H-pyrrole nitrogens is 1. The standard InChI is InChI=1S/C16H21N3O3/c1-7-5-18-9(3)14(20)11(7)13(17)16(22)12-8(2)6-19-10(4)15(12)21/h5-6,13,16,20-22H,17H2,1-4H3/p+1. The van der Waals surface area contributed by atoms with Gasteiger partial charge in [-0.1, -0.05) is 0 Å². The quantitative estimate of drug-likeness (QED) is 0.682. The Hall–Kier alpha value is -2.18. The lowest BCUT2D eigenvalue weighted by Gasteiger charge is -2.23. The van der Waals surface area contributed by atoms with Crippen molar-refractivity contribution >= 4 is 0 Å². The maximum Gasteiger partial charge on any atom is 0.219 e. The molecule has 0 aliphatic carbocycles. The van der Waals surface area contributed by atoms with E-state index in [1.807, 2.05) is 0 Å². The second kappa shape index (κ2) is 5.90. The fourth-order valence-corrected chi connectivity index (χ4v) is 2.59. The van der Waals surface area contributed by atoms with E-state index in [2.05, 4.69) is 9.97 Å². The van der Waals surface area contributed by atoms with Crippen molar-refractivity contribution in [3.05, 3.63) is 46.0 Å². The molecular formula is C16H22N3O3+. The summed E-state index contributed by atoms with van der Waals surface area (Å²) in [5.41, 5.74) is 9.32. The monoisotopic (exact) mass is 304 g/mol. The lowest BCUT2D eigenvalue weighted by molar-refractivity contribution is -0.389. The molecule has 2 heterocycles. The van der Waals surface area contributed by atoms with Crippen LogP contribution in [0.15, 0.2) is 12.4 Å². The number of hydrogen-bond donors (Lipinski definition) is 4. The second-order valence-electron chi connectivity index (χ2n) is 5.62.